The number of carbonyl (C=O) groups is 5. The Kier molecular flexibility index (Phi) is 13.3. The van der Waals surface area contributed by atoms with Crippen molar-refractivity contribution in [2.75, 3.05) is 20.3 Å². The molecule has 3 fully saturated rings. The van der Waals surface area contributed by atoms with E-state index < -0.39 is 76.4 Å². The van der Waals surface area contributed by atoms with E-state index in [-0.39, 0.29) is 30.1 Å². The molecule has 56 heavy (non-hydrogen) atoms. The number of ketones is 2. The van der Waals surface area contributed by atoms with Crippen LogP contribution in [0.4, 0.5) is 9.18 Å². The smallest absolute Gasteiger partial charge is 0.493 e. The zero-order valence-electron chi connectivity index (χ0n) is 33.5. The van der Waals surface area contributed by atoms with Gasteiger partial charge in [0, 0.05) is 35.2 Å². The average molecular weight is 781 g/mol. The zero-order chi connectivity index (χ0) is 40.9. The van der Waals surface area contributed by atoms with Crippen molar-refractivity contribution in [2.24, 2.45) is 28.6 Å². The predicted molar refractivity (Wildman–Crippen MR) is 205 cm³/mol. The molecule has 8 atom stereocenters. The van der Waals surface area contributed by atoms with Crippen LogP contribution in [0.3, 0.4) is 0 Å². The van der Waals surface area contributed by atoms with Gasteiger partial charge in [-0.15, -0.1) is 0 Å². The minimum Gasteiger partial charge on any atom is -0.493 e. The molecule has 1 N–H and O–H groups in total. The van der Waals surface area contributed by atoms with Crippen LogP contribution in [0.1, 0.15) is 111 Å². The van der Waals surface area contributed by atoms with Crippen molar-refractivity contribution < 1.29 is 57.2 Å². The summed E-state index contributed by atoms with van der Waals surface area (Å²) in [6, 6.07) is 4.60. The normalized spacial score (nSPS) is 31.8. The summed E-state index contributed by atoms with van der Waals surface area (Å²) in [5.41, 5.74) is -5.23. The highest BCUT2D eigenvalue weighted by Crippen LogP contribution is 2.72. The number of allylic oxidation sites excluding steroid dienone is 4. The second kappa shape index (κ2) is 17.4. The van der Waals surface area contributed by atoms with E-state index in [1.165, 1.54) is 37.5 Å². The number of rotatable bonds is 16. The van der Waals surface area contributed by atoms with E-state index in [4.69, 9.17) is 23.7 Å². The SMILES string of the molecule is CCCCCOC(=O)C=Cc1ccc(OC(=O)OCC(=O)C2(OC(=O)CCCC)C(CC)CC3C4CCC5=CC(=O)C=CC5(C)C4(F)C(O)CC32C)c(OC)c1. The lowest BCUT2D eigenvalue weighted by Crippen LogP contribution is -2.70. The van der Waals surface area contributed by atoms with E-state index >= 15 is 4.39 Å². The van der Waals surface area contributed by atoms with E-state index in [9.17, 15) is 29.1 Å². The molecule has 4 aliphatic rings. The highest BCUT2D eigenvalue weighted by Gasteiger charge is 2.77. The van der Waals surface area contributed by atoms with Crippen molar-refractivity contribution in [3.8, 4) is 11.5 Å². The summed E-state index contributed by atoms with van der Waals surface area (Å²) >= 11 is 0. The number of hydrogen-bond donors (Lipinski definition) is 1. The number of fused-ring (bicyclic) bond motifs is 5. The maximum atomic E-state index is 17.9. The number of hydrogen-bond acceptors (Lipinski definition) is 11. The van der Waals surface area contributed by atoms with Crippen molar-refractivity contribution in [1.29, 1.82) is 0 Å². The Morgan fingerprint density at radius 2 is 1.75 bits per heavy atom. The van der Waals surface area contributed by atoms with Gasteiger partial charge in [-0.25, -0.2) is 14.0 Å². The first kappa shape index (κ1) is 42.8. The molecular formula is C44H57FO11. The topological polar surface area (TPSA) is 152 Å². The number of alkyl halides is 1. The van der Waals surface area contributed by atoms with Gasteiger partial charge < -0.3 is 28.8 Å². The van der Waals surface area contributed by atoms with E-state index in [1.54, 1.807) is 32.1 Å². The molecule has 1 aromatic rings. The molecule has 306 valence electrons. The van der Waals surface area contributed by atoms with Gasteiger partial charge in [0.15, 0.2) is 35.2 Å². The number of benzene rings is 1. The molecule has 3 saturated carbocycles. The van der Waals surface area contributed by atoms with E-state index in [1.807, 2.05) is 13.8 Å². The molecule has 0 aromatic heterocycles. The molecule has 0 aliphatic heterocycles. The molecule has 8 unspecified atom stereocenters. The monoisotopic (exact) mass is 780 g/mol. The van der Waals surface area contributed by atoms with Crippen molar-refractivity contribution in [3.63, 3.8) is 0 Å². The third kappa shape index (κ3) is 7.70. The van der Waals surface area contributed by atoms with Crippen LogP contribution in [0.15, 0.2) is 48.1 Å². The Labute approximate surface area is 329 Å². The summed E-state index contributed by atoms with van der Waals surface area (Å²) in [6.45, 7) is 8.91. The van der Waals surface area contributed by atoms with Gasteiger partial charge in [-0.05, 0) is 93.7 Å². The van der Waals surface area contributed by atoms with Gasteiger partial charge >= 0.3 is 18.1 Å². The van der Waals surface area contributed by atoms with Crippen LogP contribution >= 0.6 is 0 Å². The van der Waals surface area contributed by atoms with Crippen LogP contribution in [0.2, 0.25) is 0 Å². The van der Waals surface area contributed by atoms with Gasteiger partial charge in [0.1, 0.15) is 0 Å². The van der Waals surface area contributed by atoms with Crippen LogP contribution in [-0.2, 0) is 33.4 Å². The lowest BCUT2D eigenvalue weighted by atomic mass is 9.44. The van der Waals surface area contributed by atoms with E-state index in [0.29, 0.717) is 56.3 Å². The zero-order valence-corrected chi connectivity index (χ0v) is 33.5. The quantitative estimate of drug-likeness (QED) is 0.0571. The molecule has 11 nitrogen and oxygen atoms in total. The van der Waals surface area contributed by atoms with E-state index in [2.05, 4.69) is 6.92 Å². The molecule has 0 radical (unpaired) electrons. The molecule has 1 aromatic carbocycles. The van der Waals surface area contributed by atoms with Crippen molar-refractivity contribution in [3.05, 3.63) is 53.6 Å². The Hall–Kier alpha value is -4.32. The standard InChI is InChI=1S/C44H57FO11/c1-7-10-12-22-53-38(49)19-15-28-14-18-34(35(23-28)52-6)55-40(51)54-27-37(48)44(56-39(50)13-11-8-2)29(9-3)25-33-32-17-16-30-24-31(46)20-21-41(30,4)43(32,45)36(47)26-42(33,44)5/h14-15,18-21,23-24,29,32-33,36,47H,7-13,16-17,22,25-27H2,1-6H3. The highest BCUT2D eigenvalue weighted by molar-refractivity contribution is 6.01. The summed E-state index contributed by atoms with van der Waals surface area (Å²) in [5.74, 6) is -3.58. The van der Waals surface area contributed by atoms with Gasteiger partial charge in [-0.2, -0.15) is 0 Å². The Balaban J connectivity index is 1.38. The summed E-state index contributed by atoms with van der Waals surface area (Å²) in [6.07, 6.45) is 9.84. The Morgan fingerprint density at radius 3 is 2.45 bits per heavy atom. The summed E-state index contributed by atoms with van der Waals surface area (Å²) in [7, 11) is 1.38. The second-order valence-electron chi connectivity index (χ2n) is 16.1. The third-order valence-electron chi connectivity index (χ3n) is 13.0. The number of esters is 2. The van der Waals surface area contributed by atoms with Crippen LogP contribution in [-0.4, -0.2) is 72.5 Å². The maximum Gasteiger partial charge on any atom is 0.514 e. The largest absolute Gasteiger partial charge is 0.514 e. The van der Waals surface area contributed by atoms with Crippen LogP contribution in [0.25, 0.3) is 6.08 Å². The number of carbonyl (C=O) groups excluding carboxylic acids is 5. The molecule has 4 aliphatic carbocycles. The van der Waals surface area contributed by atoms with Crippen molar-refractivity contribution in [2.45, 2.75) is 123 Å². The fraction of sp³-hybridized carbons (Fsp3) is 0.614. The number of ether oxygens (including phenoxy) is 5. The molecule has 0 heterocycles. The molecule has 5 rings (SSSR count). The fourth-order valence-corrected chi connectivity index (χ4v) is 10.1. The number of methoxy groups -OCH3 is 1. The number of aliphatic hydroxyl groups is 1. The summed E-state index contributed by atoms with van der Waals surface area (Å²) in [5, 5.41) is 11.9. The lowest BCUT2D eigenvalue weighted by Gasteiger charge is -2.62. The fourth-order valence-electron chi connectivity index (χ4n) is 10.1. The first-order chi connectivity index (χ1) is 26.6. The average Bonchev–Trinajstić information content (AvgIpc) is 3.42. The predicted octanol–water partition coefficient (Wildman–Crippen LogP) is 8.01. The Bertz CT molecular complexity index is 1770. The van der Waals surface area contributed by atoms with Gasteiger partial charge in [-0.1, -0.05) is 64.7 Å². The summed E-state index contributed by atoms with van der Waals surface area (Å²) in [4.78, 5) is 65.8. The molecule has 0 bridgehead atoms. The third-order valence-corrected chi connectivity index (χ3v) is 13.0. The maximum absolute atomic E-state index is 17.9. The number of halogens is 1. The van der Waals surface area contributed by atoms with Crippen LogP contribution < -0.4 is 9.47 Å². The summed E-state index contributed by atoms with van der Waals surface area (Å²) < 4.78 is 45.7. The molecule has 12 heteroatoms. The van der Waals surface area contributed by atoms with Crippen LogP contribution in [0, 0.1) is 28.6 Å². The molecule has 0 saturated heterocycles. The lowest BCUT2D eigenvalue weighted by molar-refractivity contribution is -0.229. The second-order valence-corrected chi connectivity index (χ2v) is 16.1. The van der Waals surface area contributed by atoms with Crippen molar-refractivity contribution >= 4 is 35.7 Å². The Morgan fingerprint density at radius 1 is 1.00 bits per heavy atom. The molecule has 0 amide bonds. The van der Waals surface area contributed by atoms with Gasteiger partial charge in [0.25, 0.3) is 0 Å². The number of aliphatic hydroxyl groups excluding tert-OH is 1. The number of unbranched alkanes of at least 4 members (excludes halogenated alkanes) is 3. The molecule has 0 spiro atoms. The van der Waals surface area contributed by atoms with Crippen LogP contribution in [0.5, 0.6) is 11.5 Å². The minimum atomic E-state index is -2.15. The number of Topliss-reactive ketones (excluding diaryl/α,β-unsaturated/α-hetero) is 1. The van der Waals surface area contributed by atoms with Gasteiger partial charge in [0.05, 0.1) is 19.8 Å². The first-order valence-corrected chi connectivity index (χ1v) is 20.1. The minimum absolute atomic E-state index is 0.00311. The van der Waals surface area contributed by atoms with Crippen molar-refractivity contribution in [1.82, 2.24) is 0 Å². The first-order valence-electron chi connectivity index (χ1n) is 20.1. The highest BCUT2D eigenvalue weighted by atomic mass is 19.1. The van der Waals surface area contributed by atoms with Gasteiger partial charge in [0.2, 0.25) is 5.78 Å². The molecular weight excluding hydrogens is 723 g/mol. The van der Waals surface area contributed by atoms with E-state index in [0.717, 1.165) is 19.3 Å². The van der Waals surface area contributed by atoms with Gasteiger partial charge in [-0.3, -0.25) is 14.4 Å².